The molecule has 4 nitrogen and oxygen atoms in total. The second-order valence-corrected chi connectivity index (χ2v) is 4.39. The molecule has 0 fully saturated rings. The van der Waals surface area contributed by atoms with Crippen molar-refractivity contribution in [2.24, 2.45) is 5.73 Å². The zero-order valence-corrected chi connectivity index (χ0v) is 10.6. The first-order valence-electron chi connectivity index (χ1n) is 5.19. The van der Waals surface area contributed by atoms with Crippen LogP contribution in [0.15, 0.2) is 27.2 Å². The van der Waals surface area contributed by atoms with E-state index in [0.717, 1.165) is 6.42 Å². The highest BCUT2D eigenvalue weighted by Crippen LogP contribution is 2.27. The van der Waals surface area contributed by atoms with Gasteiger partial charge in [-0.1, -0.05) is 5.16 Å². The van der Waals surface area contributed by atoms with Gasteiger partial charge in [0.05, 0.1) is 5.56 Å². The van der Waals surface area contributed by atoms with Crippen LogP contribution < -0.4 is 5.73 Å². The molecule has 0 unspecified atom stereocenters. The average Bonchev–Trinajstić information content (AvgIpc) is 2.78. The minimum Gasteiger partial charge on any atom is -0.334 e. The standard InChI is InChI=1S/C11H11BrFN3O/c12-9-4-3-7(13)6-8(9)11-15-10(16-17-11)2-1-5-14/h3-4,6H,1-2,5,14H2. The van der Waals surface area contributed by atoms with E-state index in [1.165, 1.54) is 12.1 Å². The highest BCUT2D eigenvalue weighted by atomic mass is 79.9. The molecule has 0 amide bonds. The monoisotopic (exact) mass is 299 g/mol. The summed E-state index contributed by atoms with van der Waals surface area (Å²) in [6.07, 6.45) is 1.45. The van der Waals surface area contributed by atoms with Crippen molar-refractivity contribution in [3.8, 4) is 11.5 Å². The molecule has 0 saturated heterocycles. The summed E-state index contributed by atoms with van der Waals surface area (Å²) >= 11 is 3.31. The third-order valence-corrected chi connectivity index (χ3v) is 2.92. The molecule has 0 aliphatic rings. The summed E-state index contributed by atoms with van der Waals surface area (Å²) in [7, 11) is 0. The van der Waals surface area contributed by atoms with Gasteiger partial charge < -0.3 is 10.3 Å². The molecule has 0 spiro atoms. The molecule has 0 aliphatic heterocycles. The topological polar surface area (TPSA) is 64.9 Å². The Morgan fingerprint density at radius 2 is 2.24 bits per heavy atom. The number of hydrogen-bond acceptors (Lipinski definition) is 4. The van der Waals surface area contributed by atoms with E-state index < -0.39 is 0 Å². The maximum atomic E-state index is 13.1. The first-order valence-corrected chi connectivity index (χ1v) is 5.98. The molecule has 2 aromatic rings. The molecule has 6 heteroatoms. The minimum atomic E-state index is -0.343. The molecule has 0 aliphatic carbocycles. The Balaban J connectivity index is 2.27. The van der Waals surface area contributed by atoms with Crippen LogP contribution in [0.3, 0.4) is 0 Å². The van der Waals surface area contributed by atoms with Gasteiger partial charge in [-0.2, -0.15) is 4.98 Å². The quantitative estimate of drug-likeness (QED) is 0.942. The van der Waals surface area contributed by atoms with Crippen molar-refractivity contribution < 1.29 is 8.91 Å². The lowest BCUT2D eigenvalue weighted by molar-refractivity contribution is 0.421. The molecule has 0 atom stereocenters. The minimum absolute atomic E-state index is 0.309. The number of rotatable bonds is 4. The lowest BCUT2D eigenvalue weighted by atomic mass is 10.2. The molecular formula is C11H11BrFN3O. The van der Waals surface area contributed by atoms with E-state index in [4.69, 9.17) is 10.3 Å². The molecule has 0 radical (unpaired) electrons. The van der Waals surface area contributed by atoms with Gasteiger partial charge in [-0.05, 0) is 47.1 Å². The van der Waals surface area contributed by atoms with E-state index in [2.05, 4.69) is 26.1 Å². The van der Waals surface area contributed by atoms with Crippen LogP contribution in [-0.2, 0) is 6.42 Å². The van der Waals surface area contributed by atoms with Crippen LogP contribution in [0.25, 0.3) is 11.5 Å². The Morgan fingerprint density at radius 1 is 1.41 bits per heavy atom. The van der Waals surface area contributed by atoms with Gasteiger partial charge in [-0.15, -0.1) is 0 Å². The van der Waals surface area contributed by atoms with E-state index in [9.17, 15) is 4.39 Å². The van der Waals surface area contributed by atoms with Crippen LogP contribution in [0.5, 0.6) is 0 Å². The molecule has 1 aromatic carbocycles. The lowest BCUT2D eigenvalue weighted by Crippen LogP contribution is -2.01. The van der Waals surface area contributed by atoms with Crippen LogP contribution in [-0.4, -0.2) is 16.7 Å². The number of benzene rings is 1. The predicted octanol–water partition coefficient (Wildman–Crippen LogP) is 2.53. The van der Waals surface area contributed by atoms with E-state index in [0.29, 0.717) is 34.7 Å². The molecule has 17 heavy (non-hydrogen) atoms. The summed E-state index contributed by atoms with van der Waals surface area (Å²) in [6.45, 7) is 0.577. The second-order valence-electron chi connectivity index (χ2n) is 3.53. The van der Waals surface area contributed by atoms with Gasteiger partial charge in [0.15, 0.2) is 5.82 Å². The van der Waals surface area contributed by atoms with Gasteiger partial charge in [0.1, 0.15) is 5.82 Å². The smallest absolute Gasteiger partial charge is 0.259 e. The van der Waals surface area contributed by atoms with Gasteiger partial charge in [-0.25, -0.2) is 4.39 Å². The summed E-state index contributed by atoms with van der Waals surface area (Å²) in [5, 5.41) is 3.82. The molecule has 1 heterocycles. The summed E-state index contributed by atoms with van der Waals surface area (Å²) < 4.78 is 18.9. The maximum absolute atomic E-state index is 13.1. The third-order valence-electron chi connectivity index (χ3n) is 2.23. The largest absolute Gasteiger partial charge is 0.334 e. The fourth-order valence-corrected chi connectivity index (χ4v) is 1.80. The van der Waals surface area contributed by atoms with Crippen LogP contribution in [0.1, 0.15) is 12.2 Å². The normalized spacial score (nSPS) is 10.8. The van der Waals surface area contributed by atoms with Crippen molar-refractivity contribution >= 4 is 15.9 Å². The molecular weight excluding hydrogens is 289 g/mol. The molecule has 0 saturated carbocycles. The van der Waals surface area contributed by atoms with Crippen molar-refractivity contribution in [3.63, 3.8) is 0 Å². The molecule has 0 bridgehead atoms. The van der Waals surface area contributed by atoms with Gasteiger partial charge in [0, 0.05) is 10.9 Å². The SMILES string of the molecule is NCCCc1noc(-c2cc(F)ccc2Br)n1. The first kappa shape index (κ1) is 12.2. The maximum Gasteiger partial charge on any atom is 0.259 e. The number of aryl methyl sites for hydroxylation is 1. The Morgan fingerprint density at radius 3 is 3.00 bits per heavy atom. The van der Waals surface area contributed by atoms with E-state index in [-0.39, 0.29) is 5.82 Å². The summed E-state index contributed by atoms with van der Waals surface area (Å²) in [5.41, 5.74) is 5.95. The van der Waals surface area contributed by atoms with Gasteiger partial charge >= 0.3 is 0 Å². The fourth-order valence-electron chi connectivity index (χ4n) is 1.39. The van der Waals surface area contributed by atoms with E-state index >= 15 is 0 Å². The van der Waals surface area contributed by atoms with Crippen LogP contribution in [0.4, 0.5) is 4.39 Å². The highest BCUT2D eigenvalue weighted by molar-refractivity contribution is 9.10. The number of hydrogen-bond donors (Lipinski definition) is 1. The molecule has 90 valence electrons. The van der Waals surface area contributed by atoms with Crippen molar-refractivity contribution in [1.82, 2.24) is 10.1 Å². The van der Waals surface area contributed by atoms with Crippen molar-refractivity contribution in [2.45, 2.75) is 12.8 Å². The first-order chi connectivity index (χ1) is 8.20. The van der Waals surface area contributed by atoms with Gasteiger partial charge in [0.25, 0.3) is 5.89 Å². The third kappa shape index (κ3) is 2.89. The Hall–Kier alpha value is -1.27. The highest BCUT2D eigenvalue weighted by Gasteiger charge is 2.12. The zero-order chi connectivity index (χ0) is 12.3. The number of halogens is 2. The van der Waals surface area contributed by atoms with Gasteiger partial charge in [0.2, 0.25) is 0 Å². The van der Waals surface area contributed by atoms with Crippen LogP contribution in [0, 0.1) is 5.82 Å². The second kappa shape index (κ2) is 5.37. The lowest BCUT2D eigenvalue weighted by Gasteiger charge is -1.98. The number of nitrogens with two attached hydrogens (primary N) is 1. The summed E-state index contributed by atoms with van der Waals surface area (Å²) in [6, 6.07) is 4.32. The Kier molecular flexibility index (Phi) is 3.86. The zero-order valence-electron chi connectivity index (χ0n) is 8.99. The van der Waals surface area contributed by atoms with Crippen LogP contribution >= 0.6 is 15.9 Å². The molecule has 2 rings (SSSR count). The Labute approximate surface area is 106 Å². The average molecular weight is 300 g/mol. The van der Waals surface area contributed by atoms with Gasteiger partial charge in [-0.3, -0.25) is 0 Å². The van der Waals surface area contributed by atoms with Crippen molar-refractivity contribution in [3.05, 3.63) is 34.3 Å². The predicted molar refractivity (Wildman–Crippen MR) is 64.8 cm³/mol. The van der Waals surface area contributed by atoms with Crippen LogP contribution in [0.2, 0.25) is 0 Å². The van der Waals surface area contributed by atoms with Crippen molar-refractivity contribution in [1.29, 1.82) is 0 Å². The number of aromatic nitrogens is 2. The fraction of sp³-hybridized carbons (Fsp3) is 0.273. The summed E-state index contributed by atoms with van der Waals surface area (Å²) in [5.74, 6) is 0.551. The summed E-state index contributed by atoms with van der Waals surface area (Å²) in [4.78, 5) is 4.19. The van der Waals surface area contributed by atoms with Crippen molar-refractivity contribution in [2.75, 3.05) is 6.54 Å². The number of nitrogens with zero attached hydrogens (tertiary/aromatic N) is 2. The van der Waals surface area contributed by atoms with E-state index in [1.807, 2.05) is 0 Å². The Bertz CT molecular complexity index is 515. The van der Waals surface area contributed by atoms with E-state index in [1.54, 1.807) is 6.07 Å². The molecule has 1 aromatic heterocycles. The molecule has 2 N–H and O–H groups in total.